The highest BCUT2D eigenvalue weighted by Crippen LogP contribution is 2.36. The van der Waals surface area contributed by atoms with Crippen LogP contribution in [0.3, 0.4) is 0 Å². The Hall–Kier alpha value is -1.98. The second kappa shape index (κ2) is 7.33. The lowest BCUT2D eigenvalue weighted by Gasteiger charge is -2.25. The molecule has 2 aromatic carbocycles. The molecule has 1 atom stereocenters. The van der Waals surface area contributed by atoms with Crippen molar-refractivity contribution in [3.8, 4) is 0 Å². The number of thioether (sulfide) groups is 1. The smallest absolute Gasteiger partial charge is 0.254 e. The van der Waals surface area contributed by atoms with Gasteiger partial charge in [0.2, 0.25) is 5.91 Å². The molecule has 134 valence electrons. The first-order valence-electron chi connectivity index (χ1n) is 8.75. The van der Waals surface area contributed by atoms with Crippen molar-refractivity contribution < 1.29 is 9.59 Å². The number of rotatable bonds is 2. The molecular formula is C20H19ClN2O2S. The van der Waals surface area contributed by atoms with Crippen molar-refractivity contribution in [2.75, 3.05) is 17.6 Å². The van der Waals surface area contributed by atoms with E-state index in [1.807, 2.05) is 47.4 Å². The number of nitrogens with zero attached hydrogens (tertiary/aromatic N) is 1. The number of carbonyl (C=O) groups is 2. The number of amides is 2. The van der Waals surface area contributed by atoms with Gasteiger partial charge in [0.05, 0.1) is 11.7 Å². The van der Waals surface area contributed by atoms with Gasteiger partial charge in [-0.1, -0.05) is 23.7 Å². The lowest BCUT2D eigenvalue weighted by atomic mass is 10.0. The van der Waals surface area contributed by atoms with Gasteiger partial charge >= 0.3 is 0 Å². The van der Waals surface area contributed by atoms with Crippen LogP contribution in [0.5, 0.6) is 0 Å². The maximum atomic E-state index is 13.1. The summed E-state index contributed by atoms with van der Waals surface area (Å²) in [6, 6.07) is 13.4. The Bertz CT molecular complexity index is 853. The van der Waals surface area contributed by atoms with Crippen molar-refractivity contribution in [2.24, 2.45) is 0 Å². The van der Waals surface area contributed by atoms with E-state index in [1.165, 1.54) is 0 Å². The zero-order valence-electron chi connectivity index (χ0n) is 14.2. The van der Waals surface area contributed by atoms with E-state index in [-0.39, 0.29) is 17.9 Å². The average molecular weight is 387 g/mol. The van der Waals surface area contributed by atoms with Crippen molar-refractivity contribution in [3.05, 3.63) is 58.6 Å². The molecule has 4 rings (SSSR count). The second-order valence-corrected chi connectivity index (χ2v) is 8.14. The highest BCUT2D eigenvalue weighted by atomic mass is 35.5. The lowest BCUT2D eigenvalue weighted by molar-refractivity contribution is -0.115. The molecule has 0 aliphatic carbocycles. The standard InChI is InChI=1S/C20H19ClN2O2S/c21-15-6-3-13(4-7-15)17-2-1-10-23(17)20(25)14-5-8-18-16(12-14)22-19(24)9-11-26-18/h3-8,12,17H,1-2,9-11H2,(H,22,24). The van der Waals surface area contributed by atoms with Gasteiger partial charge in [-0.25, -0.2) is 0 Å². The number of carbonyl (C=O) groups excluding carboxylic acids is 2. The highest BCUT2D eigenvalue weighted by molar-refractivity contribution is 7.99. The van der Waals surface area contributed by atoms with Crippen LogP contribution < -0.4 is 5.32 Å². The molecule has 0 radical (unpaired) electrons. The van der Waals surface area contributed by atoms with Crippen LogP contribution in [0.4, 0.5) is 5.69 Å². The maximum Gasteiger partial charge on any atom is 0.254 e. The van der Waals surface area contributed by atoms with Gasteiger partial charge in [-0.2, -0.15) is 0 Å². The second-order valence-electron chi connectivity index (χ2n) is 6.57. The molecule has 1 fully saturated rings. The Balaban J connectivity index is 1.60. The molecule has 4 nitrogen and oxygen atoms in total. The predicted molar refractivity (Wildman–Crippen MR) is 105 cm³/mol. The first kappa shape index (κ1) is 17.4. The molecule has 2 heterocycles. The number of benzene rings is 2. The van der Waals surface area contributed by atoms with Crippen molar-refractivity contribution >= 4 is 40.9 Å². The van der Waals surface area contributed by atoms with Gasteiger partial charge in [0.15, 0.2) is 0 Å². The summed E-state index contributed by atoms with van der Waals surface area (Å²) in [5.41, 5.74) is 2.47. The minimum Gasteiger partial charge on any atom is -0.332 e. The lowest BCUT2D eigenvalue weighted by Crippen LogP contribution is -2.30. The number of nitrogens with one attached hydrogen (secondary N) is 1. The van der Waals surface area contributed by atoms with E-state index in [4.69, 9.17) is 11.6 Å². The van der Waals surface area contributed by atoms with Crippen LogP contribution in [0.25, 0.3) is 0 Å². The predicted octanol–water partition coefficient (Wildman–Crippen LogP) is 4.75. The van der Waals surface area contributed by atoms with Crippen LogP contribution in [-0.2, 0) is 4.79 Å². The van der Waals surface area contributed by atoms with Gasteiger partial charge in [0, 0.05) is 34.2 Å². The van der Waals surface area contributed by atoms with Crippen LogP contribution >= 0.6 is 23.4 Å². The summed E-state index contributed by atoms with van der Waals surface area (Å²) in [5, 5.41) is 3.61. The Morgan fingerprint density at radius 3 is 2.81 bits per heavy atom. The first-order valence-corrected chi connectivity index (χ1v) is 10.1. The van der Waals surface area contributed by atoms with Crippen LogP contribution in [0.2, 0.25) is 5.02 Å². The van der Waals surface area contributed by atoms with Crippen LogP contribution in [0, 0.1) is 0 Å². The summed E-state index contributed by atoms with van der Waals surface area (Å²) in [4.78, 5) is 27.9. The number of likely N-dealkylation sites (tertiary alicyclic amines) is 1. The van der Waals surface area contributed by atoms with E-state index >= 15 is 0 Å². The SMILES string of the molecule is O=C1CCSc2ccc(C(=O)N3CCCC3c3ccc(Cl)cc3)cc2N1. The van der Waals surface area contributed by atoms with Crippen molar-refractivity contribution in [1.29, 1.82) is 0 Å². The third-order valence-corrected chi connectivity index (χ3v) is 6.18. The fourth-order valence-electron chi connectivity index (χ4n) is 3.56. The van der Waals surface area contributed by atoms with E-state index in [0.717, 1.165) is 41.3 Å². The third kappa shape index (κ3) is 3.46. The van der Waals surface area contributed by atoms with Gasteiger partial charge < -0.3 is 10.2 Å². The molecule has 1 N–H and O–H groups in total. The van der Waals surface area contributed by atoms with E-state index in [9.17, 15) is 9.59 Å². The molecule has 26 heavy (non-hydrogen) atoms. The minimum atomic E-state index is 0.000984. The largest absolute Gasteiger partial charge is 0.332 e. The van der Waals surface area contributed by atoms with Gasteiger partial charge in [0.25, 0.3) is 5.91 Å². The fourth-order valence-corrected chi connectivity index (χ4v) is 4.62. The molecule has 1 saturated heterocycles. The number of hydrogen-bond acceptors (Lipinski definition) is 3. The molecule has 0 aromatic heterocycles. The Labute approximate surface area is 161 Å². The van der Waals surface area contributed by atoms with E-state index in [0.29, 0.717) is 17.0 Å². The van der Waals surface area contributed by atoms with E-state index < -0.39 is 0 Å². The maximum absolute atomic E-state index is 13.1. The summed E-state index contributed by atoms with van der Waals surface area (Å²) < 4.78 is 0. The van der Waals surface area contributed by atoms with Crippen LogP contribution in [0.15, 0.2) is 47.4 Å². The summed E-state index contributed by atoms with van der Waals surface area (Å²) in [5.74, 6) is 0.770. The quantitative estimate of drug-likeness (QED) is 0.810. The van der Waals surface area contributed by atoms with Gasteiger partial charge in [-0.15, -0.1) is 11.8 Å². The molecule has 2 aliphatic heterocycles. The molecular weight excluding hydrogens is 368 g/mol. The van der Waals surface area contributed by atoms with E-state index in [1.54, 1.807) is 11.8 Å². The number of anilines is 1. The molecule has 2 aromatic rings. The monoisotopic (exact) mass is 386 g/mol. The van der Waals surface area contributed by atoms with E-state index in [2.05, 4.69) is 5.32 Å². The average Bonchev–Trinajstić information content (AvgIpc) is 3.04. The third-order valence-electron chi connectivity index (χ3n) is 4.86. The summed E-state index contributed by atoms with van der Waals surface area (Å²) in [6.45, 7) is 0.740. The Morgan fingerprint density at radius 2 is 2.00 bits per heavy atom. The van der Waals surface area contributed by atoms with Crippen LogP contribution in [0.1, 0.15) is 41.2 Å². The van der Waals surface area contributed by atoms with Crippen molar-refractivity contribution in [3.63, 3.8) is 0 Å². The first-order chi connectivity index (χ1) is 12.6. The zero-order valence-corrected chi connectivity index (χ0v) is 15.8. The topological polar surface area (TPSA) is 49.4 Å². The molecule has 0 bridgehead atoms. The molecule has 0 spiro atoms. The normalized spacial score (nSPS) is 19.7. The minimum absolute atomic E-state index is 0.000984. The number of fused-ring (bicyclic) bond motifs is 1. The zero-order chi connectivity index (χ0) is 18.1. The number of halogens is 1. The summed E-state index contributed by atoms with van der Waals surface area (Å²) in [7, 11) is 0. The molecule has 2 amide bonds. The highest BCUT2D eigenvalue weighted by Gasteiger charge is 2.31. The Kier molecular flexibility index (Phi) is 4.92. The molecule has 0 saturated carbocycles. The number of hydrogen-bond donors (Lipinski definition) is 1. The molecule has 2 aliphatic rings. The van der Waals surface area contributed by atoms with Gasteiger partial charge in [-0.3, -0.25) is 9.59 Å². The summed E-state index contributed by atoms with van der Waals surface area (Å²) >= 11 is 7.63. The summed E-state index contributed by atoms with van der Waals surface area (Å²) in [6.07, 6.45) is 2.43. The molecule has 6 heteroatoms. The van der Waals surface area contributed by atoms with Crippen molar-refractivity contribution in [1.82, 2.24) is 4.90 Å². The Morgan fingerprint density at radius 1 is 1.19 bits per heavy atom. The van der Waals surface area contributed by atoms with Crippen molar-refractivity contribution in [2.45, 2.75) is 30.2 Å². The van der Waals surface area contributed by atoms with Crippen LogP contribution in [-0.4, -0.2) is 29.0 Å². The van der Waals surface area contributed by atoms with Gasteiger partial charge in [-0.05, 0) is 48.7 Å². The fraction of sp³-hybridized carbons (Fsp3) is 0.300. The molecule has 1 unspecified atom stereocenters. The van der Waals surface area contributed by atoms with Gasteiger partial charge in [0.1, 0.15) is 0 Å².